The highest BCUT2D eigenvalue weighted by molar-refractivity contribution is 7.91. The molecule has 0 aromatic heterocycles. The highest BCUT2D eigenvalue weighted by Crippen LogP contribution is 2.29. The second-order valence-electron chi connectivity index (χ2n) is 5.42. The van der Waals surface area contributed by atoms with Crippen molar-refractivity contribution in [3.8, 4) is 0 Å². The molecule has 0 radical (unpaired) electrons. The topological polar surface area (TPSA) is 46.2 Å². The number of halogens is 2. The highest BCUT2D eigenvalue weighted by Gasteiger charge is 2.33. The maximum Gasteiger partial charge on any atom is 0.150 e. The van der Waals surface area contributed by atoms with Crippen molar-refractivity contribution in [2.75, 3.05) is 25.1 Å². The molecule has 1 saturated heterocycles. The molecule has 3 nitrogen and oxygen atoms in total. The van der Waals surface area contributed by atoms with Crippen molar-refractivity contribution in [2.24, 2.45) is 11.8 Å². The molecular formula is C14H19F2NO2S. The second kappa shape index (κ2) is 6.18. The van der Waals surface area contributed by atoms with Crippen LogP contribution in [0.15, 0.2) is 18.2 Å². The first kappa shape index (κ1) is 15.4. The van der Waals surface area contributed by atoms with Crippen LogP contribution in [0.2, 0.25) is 0 Å². The summed E-state index contributed by atoms with van der Waals surface area (Å²) >= 11 is 0. The quantitative estimate of drug-likeness (QED) is 0.902. The third-order valence-corrected chi connectivity index (χ3v) is 5.68. The zero-order chi connectivity index (χ0) is 14.8. The monoisotopic (exact) mass is 303 g/mol. The average Bonchev–Trinajstić information content (AvgIpc) is 2.73. The van der Waals surface area contributed by atoms with E-state index in [1.54, 1.807) is 7.05 Å². The summed E-state index contributed by atoms with van der Waals surface area (Å²) in [6.07, 6.45) is 0.955. The molecule has 0 amide bonds. The van der Waals surface area contributed by atoms with Crippen LogP contribution in [0.25, 0.3) is 0 Å². The summed E-state index contributed by atoms with van der Waals surface area (Å²) in [5.41, 5.74) is 0.314. The lowest BCUT2D eigenvalue weighted by Gasteiger charge is -2.22. The molecule has 1 aliphatic heterocycles. The maximum atomic E-state index is 13.7. The molecule has 1 heterocycles. The van der Waals surface area contributed by atoms with Crippen LogP contribution in [0, 0.1) is 23.5 Å². The fraction of sp³-hybridized carbons (Fsp3) is 0.571. The van der Waals surface area contributed by atoms with E-state index in [1.165, 1.54) is 6.07 Å². The van der Waals surface area contributed by atoms with Crippen molar-refractivity contribution in [1.29, 1.82) is 0 Å². The molecule has 112 valence electrons. The molecule has 2 atom stereocenters. The number of rotatable bonds is 5. The molecule has 2 rings (SSSR count). The van der Waals surface area contributed by atoms with Gasteiger partial charge in [0.05, 0.1) is 11.5 Å². The Balaban J connectivity index is 2.15. The smallest absolute Gasteiger partial charge is 0.150 e. The minimum atomic E-state index is -2.96. The van der Waals surface area contributed by atoms with Gasteiger partial charge in [-0.25, -0.2) is 17.2 Å². The van der Waals surface area contributed by atoms with Crippen LogP contribution in [-0.4, -0.2) is 33.5 Å². The van der Waals surface area contributed by atoms with Gasteiger partial charge < -0.3 is 5.32 Å². The first-order valence-corrected chi connectivity index (χ1v) is 8.52. The van der Waals surface area contributed by atoms with E-state index in [4.69, 9.17) is 0 Å². The van der Waals surface area contributed by atoms with Crippen LogP contribution >= 0.6 is 0 Å². The SMILES string of the molecule is CNCC(Cc1cc(F)ccc1F)C1CCS(=O)(=O)C1. The van der Waals surface area contributed by atoms with Gasteiger partial charge in [0.1, 0.15) is 11.6 Å². The van der Waals surface area contributed by atoms with Gasteiger partial charge in [0, 0.05) is 0 Å². The highest BCUT2D eigenvalue weighted by atomic mass is 32.2. The summed E-state index contributed by atoms with van der Waals surface area (Å²) in [6, 6.07) is 3.40. The van der Waals surface area contributed by atoms with Gasteiger partial charge in [-0.05, 0) is 62.0 Å². The van der Waals surface area contributed by atoms with Crippen LogP contribution in [-0.2, 0) is 16.3 Å². The molecule has 6 heteroatoms. The van der Waals surface area contributed by atoms with E-state index in [9.17, 15) is 17.2 Å². The lowest BCUT2D eigenvalue weighted by atomic mass is 9.86. The number of hydrogen-bond donors (Lipinski definition) is 1. The molecule has 0 spiro atoms. The third kappa shape index (κ3) is 3.76. The minimum Gasteiger partial charge on any atom is -0.319 e. The summed E-state index contributed by atoms with van der Waals surface area (Å²) < 4.78 is 50.0. The standard InChI is InChI=1S/C14H19F2NO2S/c1-17-8-12(10-4-5-20(18,19)9-10)6-11-7-13(15)2-3-14(11)16/h2-3,7,10,12,17H,4-6,8-9H2,1H3. The summed E-state index contributed by atoms with van der Waals surface area (Å²) in [7, 11) is -1.19. The number of nitrogens with one attached hydrogen (secondary N) is 1. The zero-order valence-electron chi connectivity index (χ0n) is 11.4. The van der Waals surface area contributed by atoms with Gasteiger partial charge in [0.25, 0.3) is 0 Å². The van der Waals surface area contributed by atoms with Gasteiger partial charge in [-0.1, -0.05) is 0 Å². The third-order valence-electron chi connectivity index (χ3n) is 3.89. The predicted molar refractivity (Wildman–Crippen MR) is 74.2 cm³/mol. The lowest BCUT2D eigenvalue weighted by molar-refractivity contribution is 0.347. The molecule has 1 aromatic rings. The van der Waals surface area contributed by atoms with E-state index in [2.05, 4.69) is 5.32 Å². The number of sulfone groups is 1. The molecule has 1 N–H and O–H groups in total. The van der Waals surface area contributed by atoms with Crippen molar-refractivity contribution in [3.05, 3.63) is 35.4 Å². The Morgan fingerprint density at radius 3 is 2.75 bits per heavy atom. The predicted octanol–water partition coefficient (Wildman–Crippen LogP) is 1.78. The van der Waals surface area contributed by atoms with E-state index < -0.39 is 21.5 Å². The molecular weight excluding hydrogens is 284 g/mol. The Kier molecular flexibility index (Phi) is 4.75. The molecule has 0 saturated carbocycles. The van der Waals surface area contributed by atoms with Crippen molar-refractivity contribution < 1.29 is 17.2 Å². The molecule has 1 fully saturated rings. The van der Waals surface area contributed by atoms with Crippen molar-refractivity contribution in [3.63, 3.8) is 0 Å². The van der Waals surface area contributed by atoms with Gasteiger partial charge in [-0.15, -0.1) is 0 Å². The molecule has 1 aliphatic rings. The first-order chi connectivity index (χ1) is 9.41. The molecule has 0 bridgehead atoms. The van der Waals surface area contributed by atoms with Crippen LogP contribution < -0.4 is 5.32 Å². The van der Waals surface area contributed by atoms with Crippen molar-refractivity contribution in [1.82, 2.24) is 5.32 Å². The van der Waals surface area contributed by atoms with E-state index in [-0.39, 0.29) is 23.3 Å². The van der Waals surface area contributed by atoms with E-state index >= 15 is 0 Å². The van der Waals surface area contributed by atoms with Crippen LogP contribution in [0.4, 0.5) is 8.78 Å². The minimum absolute atomic E-state index is 0.00595. The molecule has 0 aliphatic carbocycles. The Morgan fingerprint density at radius 2 is 2.15 bits per heavy atom. The van der Waals surface area contributed by atoms with Gasteiger partial charge in [-0.2, -0.15) is 0 Å². The van der Waals surface area contributed by atoms with E-state index in [0.29, 0.717) is 24.9 Å². The summed E-state index contributed by atoms with van der Waals surface area (Å²) in [6.45, 7) is 0.593. The Bertz CT molecular complexity index is 575. The number of hydrogen-bond acceptors (Lipinski definition) is 3. The van der Waals surface area contributed by atoms with Crippen molar-refractivity contribution in [2.45, 2.75) is 12.8 Å². The Morgan fingerprint density at radius 1 is 1.40 bits per heavy atom. The molecule has 20 heavy (non-hydrogen) atoms. The van der Waals surface area contributed by atoms with Crippen LogP contribution in [0.3, 0.4) is 0 Å². The normalized spacial score (nSPS) is 22.9. The lowest BCUT2D eigenvalue weighted by Crippen LogP contribution is -2.29. The largest absolute Gasteiger partial charge is 0.319 e. The first-order valence-electron chi connectivity index (χ1n) is 6.70. The summed E-state index contributed by atoms with van der Waals surface area (Å²) in [5.74, 6) is -0.555. The van der Waals surface area contributed by atoms with E-state index in [1.807, 2.05) is 0 Å². The van der Waals surface area contributed by atoms with Gasteiger partial charge in [0.15, 0.2) is 9.84 Å². The van der Waals surface area contributed by atoms with Crippen LogP contribution in [0.5, 0.6) is 0 Å². The fourth-order valence-electron chi connectivity index (χ4n) is 2.85. The fourth-order valence-corrected chi connectivity index (χ4v) is 4.77. The van der Waals surface area contributed by atoms with Gasteiger partial charge in [0.2, 0.25) is 0 Å². The Hall–Kier alpha value is -1.01. The number of benzene rings is 1. The molecule has 2 unspecified atom stereocenters. The average molecular weight is 303 g/mol. The Labute approximate surface area is 118 Å². The zero-order valence-corrected chi connectivity index (χ0v) is 12.2. The van der Waals surface area contributed by atoms with Crippen LogP contribution in [0.1, 0.15) is 12.0 Å². The van der Waals surface area contributed by atoms with Gasteiger partial charge >= 0.3 is 0 Å². The van der Waals surface area contributed by atoms with Crippen molar-refractivity contribution >= 4 is 9.84 Å². The molecule has 1 aromatic carbocycles. The summed E-state index contributed by atoms with van der Waals surface area (Å²) in [4.78, 5) is 0. The maximum absolute atomic E-state index is 13.7. The van der Waals surface area contributed by atoms with E-state index in [0.717, 1.165) is 12.1 Å². The summed E-state index contributed by atoms with van der Waals surface area (Å²) in [5, 5.41) is 3.02. The second-order valence-corrected chi connectivity index (χ2v) is 7.65. The van der Waals surface area contributed by atoms with Gasteiger partial charge in [-0.3, -0.25) is 0 Å².